The number of para-hydroxylation sites is 2. The van der Waals surface area contributed by atoms with Gasteiger partial charge in [0.05, 0.1) is 11.0 Å². The van der Waals surface area contributed by atoms with Crippen LogP contribution in [0.4, 0.5) is 0 Å². The number of nitrogens with one attached hydrogen (secondary N) is 2. The number of carbonyl (C=O) groups excluding carboxylic acids is 2. The third-order valence-electron chi connectivity index (χ3n) is 5.69. The maximum atomic E-state index is 12.9. The third-order valence-corrected chi connectivity index (χ3v) is 5.69. The number of aryl methyl sites for hydroxylation is 1. The fourth-order valence-corrected chi connectivity index (χ4v) is 4.08. The predicted octanol–water partition coefficient (Wildman–Crippen LogP) is 2.08. The van der Waals surface area contributed by atoms with Gasteiger partial charge in [0.25, 0.3) is 0 Å². The molecule has 1 saturated carbocycles. The third kappa shape index (κ3) is 3.98. The van der Waals surface area contributed by atoms with Gasteiger partial charge < -0.3 is 10.6 Å². The zero-order valence-electron chi connectivity index (χ0n) is 16.8. The van der Waals surface area contributed by atoms with Crippen LogP contribution in [0.25, 0.3) is 11.0 Å². The number of hydrogen-bond donors (Lipinski definition) is 2. The SMILES string of the molecule is CCCCNC(=O)C1(NC(=O)Cn2c(=O)n(C)c3ccccc32)CCCCC1. The van der Waals surface area contributed by atoms with Gasteiger partial charge >= 0.3 is 5.69 Å². The van der Waals surface area contributed by atoms with Gasteiger partial charge in [0.1, 0.15) is 12.1 Å². The summed E-state index contributed by atoms with van der Waals surface area (Å²) in [6.45, 7) is 2.60. The molecule has 2 amide bonds. The van der Waals surface area contributed by atoms with Crippen LogP contribution < -0.4 is 16.3 Å². The number of rotatable bonds is 7. The van der Waals surface area contributed by atoms with E-state index < -0.39 is 5.54 Å². The minimum atomic E-state index is -0.864. The average molecular weight is 386 g/mol. The highest BCUT2D eigenvalue weighted by atomic mass is 16.2. The molecule has 3 rings (SSSR count). The number of amides is 2. The van der Waals surface area contributed by atoms with E-state index in [1.165, 1.54) is 9.13 Å². The summed E-state index contributed by atoms with van der Waals surface area (Å²) in [5, 5.41) is 5.97. The Hall–Kier alpha value is -2.57. The first kappa shape index (κ1) is 20.2. The van der Waals surface area contributed by atoms with E-state index in [0.717, 1.165) is 43.1 Å². The number of carbonyl (C=O) groups is 2. The molecule has 7 heteroatoms. The van der Waals surface area contributed by atoms with Crippen LogP contribution in [0.15, 0.2) is 29.1 Å². The van der Waals surface area contributed by atoms with Gasteiger partial charge in [-0.3, -0.25) is 18.7 Å². The summed E-state index contributed by atoms with van der Waals surface area (Å²) in [6, 6.07) is 7.40. The Bertz CT molecular complexity index is 906. The van der Waals surface area contributed by atoms with Crippen molar-refractivity contribution in [1.29, 1.82) is 0 Å². The number of aromatic nitrogens is 2. The molecular formula is C21H30N4O3. The van der Waals surface area contributed by atoms with Gasteiger partial charge in [-0.15, -0.1) is 0 Å². The van der Waals surface area contributed by atoms with Crippen LogP contribution >= 0.6 is 0 Å². The highest BCUT2D eigenvalue weighted by molar-refractivity contribution is 5.92. The van der Waals surface area contributed by atoms with E-state index in [0.29, 0.717) is 19.4 Å². The summed E-state index contributed by atoms with van der Waals surface area (Å²) in [5.41, 5.74) is 0.402. The molecular weight excluding hydrogens is 356 g/mol. The van der Waals surface area contributed by atoms with Crippen molar-refractivity contribution >= 4 is 22.8 Å². The first-order chi connectivity index (χ1) is 13.5. The van der Waals surface area contributed by atoms with Gasteiger partial charge in [0, 0.05) is 13.6 Å². The lowest BCUT2D eigenvalue weighted by Gasteiger charge is -2.36. The van der Waals surface area contributed by atoms with Crippen LogP contribution in [-0.2, 0) is 23.2 Å². The Balaban J connectivity index is 1.79. The summed E-state index contributed by atoms with van der Waals surface area (Å²) >= 11 is 0. The van der Waals surface area contributed by atoms with Crippen molar-refractivity contribution in [1.82, 2.24) is 19.8 Å². The summed E-state index contributed by atoms with van der Waals surface area (Å²) in [7, 11) is 1.70. The molecule has 2 N–H and O–H groups in total. The molecule has 152 valence electrons. The molecule has 7 nitrogen and oxygen atoms in total. The van der Waals surface area contributed by atoms with Crippen molar-refractivity contribution < 1.29 is 9.59 Å². The van der Waals surface area contributed by atoms with Gasteiger partial charge in [-0.1, -0.05) is 44.7 Å². The second-order valence-electron chi connectivity index (χ2n) is 7.72. The molecule has 0 unspecified atom stereocenters. The van der Waals surface area contributed by atoms with Crippen LogP contribution in [0.5, 0.6) is 0 Å². The molecule has 1 aliphatic rings. The van der Waals surface area contributed by atoms with Crippen LogP contribution in [0.2, 0.25) is 0 Å². The van der Waals surface area contributed by atoms with E-state index in [1.807, 2.05) is 24.3 Å². The van der Waals surface area contributed by atoms with E-state index in [-0.39, 0.29) is 24.0 Å². The number of hydrogen-bond acceptors (Lipinski definition) is 3. The standard InChI is InChI=1S/C21H30N4O3/c1-3-4-14-22-19(27)21(12-8-5-9-13-21)23-18(26)15-25-17-11-7-6-10-16(17)24(2)20(25)28/h6-7,10-11H,3-5,8-9,12-15H2,1-2H3,(H,22,27)(H,23,26). The molecule has 0 aliphatic heterocycles. The van der Waals surface area contributed by atoms with Crippen molar-refractivity contribution in [3.63, 3.8) is 0 Å². The highest BCUT2D eigenvalue weighted by Crippen LogP contribution is 2.28. The van der Waals surface area contributed by atoms with Crippen molar-refractivity contribution in [2.75, 3.05) is 6.54 Å². The molecule has 28 heavy (non-hydrogen) atoms. The fourth-order valence-electron chi connectivity index (χ4n) is 4.08. The van der Waals surface area contributed by atoms with Crippen LogP contribution in [-0.4, -0.2) is 33.0 Å². The molecule has 1 heterocycles. The van der Waals surface area contributed by atoms with Gasteiger partial charge in [0.2, 0.25) is 11.8 Å². The monoisotopic (exact) mass is 386 g/mol. The number of nitrogens with zero attached hydrogens (tertiary/aromatic N) is 2. The van der Waals surface area contributed by atoms with Crippen molar-refractivity contribution in [2.24, 2.45) is 7.05 Å². The summed E-state index contributed by atoms with van der Waals surface area (Å²) < 4.78 is 3.01. The quantitative estimate of drug-likeness (QED) is 0.715. The lowest BCUT2D eigenvalue weighted by atomic mass is 9.80. The molecule has 1 aromatic carbocycles. The van der Waals surface area contributed by atoms with E-state index in [2.05, 4.69) is 17.6 Å². The fraction of sp³-hybridized carbons (Fsp3) is 0.571. The second-order valence-corrected chi connectivity index (χ2v) is 7.72. The molecule has 0 bridgehead atoms. The van der Waals surface area contributed by atoms with Gasteiger partial charge in [-0.25, -0.2) is 4.79 Å². The van der Waals surface area contributed by atoms with E-state index in [4.69, 9.17) is 0 Å². The molecule has 0 atom stereocenters. The maximum Gasteiger partial charge on any atom is 0.329 e. The molecule has 2 aromatic rings. The van der Waals surface area contributed by atoms with E-state index in [1.54, 1.807) is 7.05 Å². The number of imidazole rings is 1. The van der Waals surface area contributed by atoms with E-state index >= 15 is 0 Å². The van der Waals surface area contributed by atoms with Crippen LogP contribution in [0.1, 0.15) is 51.9 Å². The molecule has 0 spiro atoms. The van der Waals surface area contributed by atoms with Crippen LogP contribution in [0, 0.1) is 0 Å². The van der Waals surface area contributed by atoms with Crippen molar-refractivity contribution in [2.45, 2.75) is 64.0 Å². The topological polar surface area (TPSA) is 85.1 Å². The molecule has 1 fully saturated rings. The largest absolute Gasteiger partial charge is 0.354 e. The lowest BCUT2D eigenvalue weighted by Crippen LogP contribution is -2.60. The molecule has 1 aromatic heterocycles. The maximum absolute atomic E-state index is 12.9. The zero-order chi connectivity index (χ0) is 20.1. The summed E-state index contributed by atoms with van der Waals surface area (Å²) in [5.74, 6) is -0.398. The molecule has 1 aliphatic carbocycles. The Labute approximate surface area is 165 Å². The zero-order valence-corrected chi connectivity index (χ0v) is 16.8. The first-order valence-corrected chi connectivity index (χ1v) is 10.2. The lowest BCUT2D eigenvalue weighted by molar-refractivity contribution is -0.135. The minimum absolute atomic E-state index is 0.0931. The first-order valence-electron chi connectivity index (χ1n) is 10.2. The van der Waals surface area contributed by atoms with Crippen LogP contribution in [0.3, 0.4) is 0 Å². The van der Waals surface area contributed by atoms with Gasteiger partial charge in [0.15, 0.2) is 0 Å². The Morgan fingerprint density at radius 1 is 1.11 bits per heavy atom. The smallest absolute Gasteiger partial charge is 0.329 e. The number of unbranched alkanes of at least 4 members (excludes halogenated alkanes) is 1. The van der Waals surface area contributed by atoms with Gasteiger partial charge in [-0.05, 0) is 31.4 Å². The molecule has 0 radical (unpaired) electrons. The van der Waals surface area contributed by atoms with E-state index in [9.17, 15) is 14.4 Å². The summed E-state index contributed by atoms with van der Waals surface area (Å²) in [6.07, 6.45) is 6.10. The normalized spacial score (nSPS) is 16.1. The minimum Gasteiger partial charge on any atom is -0.354 e. The number of benzene rings is 1. The Morgan fingerprint density at radius 2 is 1.79 bits per heavy atom. The average Bonchev–Trinajstić information content (AvgIpc) is 2.94. The highest BCUT2D eigenvalue weighted by Gasteiger charge is 2.40. The van der Waals surface area contributed by atoms with Crippen molar-refractivity contribution in [3.05, 3.63) is 34.7 Å². The number of fused-ring (bicyclic) bond motifs is 1. The Morgan fingerprint density at radius 3 is 2.46 bits per heavy atom. The Kier molecular flexibility index (Phi) is 6.21. The van der Waals surface area contributed by atoms with Crippen molar-refractivity contribution in [3.8, 4) is 0 Å². The summed E-state index contributed by atoms with van der Waals surface area (Å²) in [4.78, 5) is 38.3. The predicted molar refractivity (Wildman–Crippen MR) is 109 cm³/mol. The molecule has 0 saturated heterocycles. The van der Waals surface area contributed by atoms with Gasteiger partial charge in [-0.2, -0.15) is 0 Å². The second kappa shape index (κ2) is 8.63.